The SMILES string of the molecule is C=CC(=O)N1CC(CC(=O)O)c2ccccc21. The number of hydrogen-bond donors (Lipinski definition) is 1. The van der Waals surface area contributed by atoms with Gasteiger partial charge >= 0.3 is 5.97 Å². The van der Waals surface area contributed by atoms with Crippen LogP contribution in [0.2, 0.25) is 0 Å². The van der Waals surface area contributed by atoms with Crippen LogP contribution in [0.5, 0.6) is 0 Å². The molecule has 1 unspecified atom stereocenters. The van der Waals surface area contributed by atoms with Crippen LogP contribution < -0.4 is 4.90 Å². The minimum absolute atomic E-state index is 0.0396. The molecule has 1 amide bonds. The molecule has 0 radical (unpaired) electrons. The molecular weight excluding hydrogens is 218 g/mol. The molecule has 0 aliphatic carbocycles. The van der Waals surface area contributed by atoms with Crippen molar-refractivity contribution in [1.29, 1.82) is 0 Å². The van der Waals surface area contributed by atoms with Gasteiger partial charge in [0.15, 0.2) is 0 Å². The topological polar surface area (TPSA) is 57.6 Å². The first-order valence-electron chi connectivity index (χ1n) is 5.38. The summed E-state index contributed by atoms with van der Waals surface area (Å²) < 4.78 is 0. The molecule has 1 atom stereocenters. The van der Waals surface area contributed by atoms with Crippen LogP contribution in [0.3, 0.4) is 0 Å². The van der Waals surface area contributed by atoms with E-state index in [1.165, 1.54) is 6.08 Å². The zero-order valence-electron chi connectivity index (χ0n) is 9.30. The van der Waals surface area contributed by atoms with E-state index in [2.05, 4.69) is 6.58 Å². The highest BCUT2D eigenvalue weighted by Gasteiger charge is 2.32. The summed E-state index contributed by atoms with van der Waals surface area (Å²) in [6, 6.07) is 7.40. The van der Waals surface area contributed by atoms with Crippen molar-refractivity contribution in [2.24, 2.45) is 0 Å². The Morgan fingerprint density at radius 3 is 2.82 bits per heavy atom. The monoisotopic (exact) mass is 231 g/mol. The molecule has 1 N–H and O–H groups in total. The largest absolute Gasteiger partial charge is 0.481 e. The second-order valence-electron chi connectivity index (χ2n) is 4.01. The lowest BCUT2D eigenvalue weighted by Crippen LogP contribution is -2.28. The Labute approximate surface area is 99.2 Å². The second-order valence-corrected chi connectivity index (χ2v) is 4.01. The molecule has 0 saturated carbocycles. The van der Waals surface area contributed by atoms with Crippen molar-refractivity contribution in [1.82, 2.24) is 0 Å². The minimum Gasteiger partial charge on any atom is -0.481 e. The van der Waals surface area contributed by atoms with E-state index in [9.17, 15) is 9.59 Å². The zero-order chi connectivity index (χ0) is 12.4. The number of hydrogen-bond acceptors (Lipinski definition) is 2. The van der Waals surface area contributed by atoms with Crippen LogP contribution in [0.1, 0.15) is 17.9 Å². The van der Waals surface area contributed by atoms with Gasteiger partial charge in [0.2, 0.25) is 5.91 Å². The molecule has 1 aromatic carbocycles. The first-order chi connectivity index (χ1) is 8.13. The lowest BCUT2D eigenvalue weighted by molar-refractivity contribution is -0.137. The van der Waals surface area contributed by atoms with Crippen LogP contribution >= 0.6 is 0 Å². The van der Waals surface area contributed by atoms with Crippen LogP contribution in [0, 0.1) is 0 Å². The summed E-state index contributed by atoms with van der Waals surface area (Å²) >= 11 is 0. The molecule has 0 bridgehead atoms. The average molecular weight is 231 g/mol. The van der Waals surface area contributed by atoms with Gasteiger partial charge < -0.3 is 10.0 Å². The number of anilines is 1. The number of fused-ring (bicyclic) bond motifs is 1. The third kappa shape index (κ3) is 2.06. The maximum atomic E-state index is 11.7. The zero-order valence-corrected chi connectivity index (χ0v) is 9.30. The molecule has 17 heavy (non-hydrogen) atoms. The summed E-state index contributed by atoms with van der Waals surface area (Å²) in [5.41, 5.74) is 1.72. The molecule has 1 heterocycles. The van der Waals surface area contributed by atoms with Crippen molar-refractivity contribution in [3.8, 4) is 0 Å². The van der Waals surface area contributed by atoms with Crippen molar-refractivity contribution < 1.29 is 14.7 Å². The van der Waals surface area contributed by atoms with E-state index < -0.39 is 5.97 Å². The quantitative estimate of drug-likeness (QED) is 0.807. The summed E-state index contributed by atoms with van der Waals surface area (Å²) in [5.74, 6) is -1.17. The fraction of sp³-hybridized carbons (Fsp3) is 0.231. The number of amides is 1. The molecule has 88 valence electrons. The van der Waals surface area contributed by atoms with Crippen molar-refractivity contribution in [3.63, 3.8) is 0 Å². The van der Waals surface area contributed by atoms with Crippen molar-refractivity contribution in [3.05, 3.63) is 42.5 Å². The summed E-state index contributed by atoms with van der Waals surface area (Å²) in [4.78, 5) is 24.0. The van der Waals surface area contributed by atoms with E-state index in [-0.39, 0.29) is 18.2 Å². The van der Waals surface area contributed by atoms with Gasteiger partial charge in [-0.25, -0.2) is 0 Å². The minimum atomic E-state index is -0.849. The van der Waals surface area contributed by atoms with Crippen LogP contribution in [-0.4, -0.2) is 23.5 Å². The van der Waals surface area contributed by atoms with E-state index in [0.717, 1.165) is 11.3 Å². The molecule has 0 aromatic heterocycles. The van der Waals surface area contributed by atoms with E-state index >= 15 is 0 Å². The number of nitrogens with zero attached hydrogens (tertiary/aromatic N) is 1. The van der Waals surface area contributed by atoms with Gasteiger partial charge in [0.1, 0.15) is 0 Å². The number of para-hydroxylation sites is 1. The molecule has 0 fully saturated rings. The molecule has 2 rings (SSSR count). The third-order valence-corrected chi connectivity index (χ3v) is 2.93. The Balaban J connectivity index is 2.35. The molecule has 0 saturated heterocycles. The Morgan fingerprint density at radius 2 is 2.18 bits per heavy atom. The predicted molar refractivity (Wildman–Crippen MR) is 64.0 cm³/mol. The fourth-order valence-corrected chi connectivity index (χ4v) is 2.20. The Bertz CT molecular complexity index is 481. The average Bonchev–Trinajstić information content (AvgIpc) is 2.67. The maximum absolute atomic E-state index is 11.7. The second kappa shape index (κ2) is 4.41. The lowest BCUT2D eigenvalue weighted by Gasteiger charge is -2.14. The first kappa shape index (κ1) is 11.4. The number of carboxylic acids is 1. The van der Waals surface area contributed by atoms with Crippen molar-refractivity contribution >= 4 is 17.6 Å². The standard InChI is InChI=1S/C13H13NO3/c1-2-12(15)14-8-9(7-13(16)17)10-5-3-4-6-11(10)14/h2-6,9H,1,7-8H2,(H,16,17). The molecular formula is C13H13NO3. The van der Waals surface area contributed by atoms with Crippen molar-refractivity contribution in [2.75, 3.05) is 11.4 Å². The normalized spacial score (nSPS) is 17.6. The lowest BCUT2D eigenvalue weighted by atomic mass is 9.98. The Morgan fingerprint density at radius 1 is 1.47 bits per heavy atom. The number of aliphatic carboxylic acids is 1. The van der Waals surface area contributed by atoms with Gasteiger partial charge in [-0.05, 0) is 17.7 Å². The highest BCUT2D eigenvalue weighted by Crippen LogP contribution is 2.37. The van der Waals surface area contributed by atoms with E-state index in [1.54, 1.807) is 4.90 Å². The predicted octanol–water partition coefficient (Wildman–Crippen LogP) is 1.78. The highest BCUT2D eigenvalue weighted by molar-refractivity contribution is 6.03. The number of benzene rings is 1. The molecule has 1 aromatic rings. The smallest absolute Gasteiger partial charge is 0.304 e. The van der Waals surface area contributed by atoms with Gasteiger partial charge in [0.25, 0.3) is 0 Å². The molecule has 0 spiro atoms. The van der Waals surface area contributed by atoms with Crippen molar-refractivity contribution in [2.45, 2.75) is 12.3 Å². The first-order valence-corrected chi connectivity index (χ1v) is 5.38. The molecule has 4 heteroatoms. The number of carbonyl (C=O) groups excluding carboxylic acids is 1. The number of carbonyl (C=O) groups is 2. The third-order valence-electron chi connectivity index (χ3n) is 2.93. The molecule has 1 aliphatic heterocycles. The fourth-order valence-electron chi connectivity index (χ4n) is 2.20. The molecule has 4 nitrogen and oxygen atoms in total. The number of rotatable bonds is 3. The van der Waals surface area contributed by atoms with E-state index in [4.69, 9.17) is 5.11 Å². The van der Waals surface area contributed by atoms with Gasteiger partial charge in [-0.1, -0.05) is 24.8 Å². The Hall–Kier alpha value is -2.10. The van der Waals surface area contributed by atoms with Crippen LogP contribution in [0.25, 0.3) is 0 Å². The summed E-state index contributed by atoms with van der Waals surface area (Å²) in [5, 5.41) is 8.86. The number of carboxylic acid groups (broad SMARTS) is 1. The van der Waals surface area contributed by atoms with Gasteiger partial charge in [0, 0.05) is 18.2 Å². The van der Waals surface area contributed by atoms with Crippen LogP contribution in [0.4, 0.5) is 5.69 Å². The van der Waals surface area contributed by atoms with Gasteiger partial charge in [-0.15, -0.1) is 0 Å². The molecule has 1 aliphatic rings. The van der Waals surface area contributed by atoms with Gasteiger partial charge in [-0.2, -0.15) is 0 Å². The Kier molecular flexibility index (Phi) is 2.95. The highest BCUT2D eigenvalue weighted by atomic mass is 16.4. The van der Waals surface area contributed by atoms with E-state index in [0.29, 0.717) is 6.54 Å². The van der Waals surface area contributed by atoms with Gasteiger partial charge in [-0.3, -0.25) is 9.59 Å². The summed E-state index contributed by atoms with van der Waals surface area (Å²) in [6.45, 7) is 3.87. The maximum Gasteiger partial charge on any atom is 0.304 e. The van der Waals surface area contributed by atoms with Crippen LogP contribution in [-0.2, 0) is 9.59 Å². The van der Waals surface area contributed by atoms with E-state index in [1.807, 2.05) is 24.3 Å². The van der Waals surface area contributed by atoms with Gasteiger partial charge in [0.05, 0.1) is 6.42 Å². The summed E-state index contributed by atoms with van der Waals surface area (Å²) in [6.07, 6.45) is 1.29. The van der Waals surface area contributed by atoms with Crippen LogP contribution in [0.15, 0.2) is 36.9 Å². The summed E-state index contributed by atoms with van der Waals surface area (Å²) in [7, 11) is 0.